The summed E-state index contributed by atoms with van der Waals surface area (Å²) in [6.45, 7) is 0.925. The number of hydrogen-bond donors (Lipinski definition) is 1. The van der Waals surface area contributed by atoms with Crippen molar-refractivity contribution >= 4 is 11.5 Å². The lowest BCUT2D eigenvalue weighted by Gasteiger charge is -2.33. The van der Waals surface area contributed by atoms with Gasteiger partial charge < -0.3 is 15.4 Å². The number of pyridine rings is 1. The molecule has 2 aromatic rings. The maximum absolute atomic E-state index is 12.9. The van der Waals surface area contributed by atoms with Crippen molar-refractivity contribution in [3.63, 3.8) is 0 Å². The number of nitrogen functional groups attached to an aromatic ring is 1. The van der Waals surface area contributed by atoms with Gasteiger partial charge in [-0.15, -0.1) is 0 Å². The maximum atomic E-state index is 12.9. The molecule has 1 fully saturated rings. The third kappa shape index (κ3) is 4.60. The van der Waals surface area contributed by atoms with Gasteiger partial charge in [0.25, 0.3) is 0 Å². The van der Waals surface area contributed by atoms with Gasteiger partial charge in [0, 0.05) is 37.8 Å². The summed E-state index contributed by atoms with van der Waals surface area (Å²) in [6.07, 6.45) is -7.55. The van der Waals surface area contributed by atoms with Gasteiger partial charge in [0.2, 0.25) is 0 Å². The van der Waals surface area contributed by atoms with Gasteiger partial charge in [-0.1, -0.05) is 0 Å². The predicted octanol–water partition coefficient (Wildman–Crippen LogP) is 4.75. The smallest absolute Gasteiger partial charge is 0.418 e. The van der Waals surface area contributed by atoms with Crippen molar-refractivity contribution in [3.05, 3.63) is 47.7 Å². The Labute approximate surface area is 156 Å². The molecule has 1 saturated heterocycles. The topological polar surface area (TPSA) is 51.4 Å². The molecule has 0 amide bonds. The number of nitrogens with two attached hydrogens (primary N) is 1. The van der Waals surface area contributed by atoms with Gasteiger partial charge in [-0.25, -0.2) is 4.98 Å². The molecule has 10 heteroatoms. The average Bonchev–Trinajstić information content (AvgIpc) is 2.62. The normalized spacial score (nSPS) is 16.3. The van der Waals surface area contributed by atoms with Crippen molar-refractivity contribution in [1.82, 2.24) is 4.98 Å². The van der Waals surface area contributed by atoms with Crippen LogP contribution in [0.4, 0.5) is 37.8 Å². The molecule has 4 nitrogen and oxygen atoms in total. The highest BCUT2D eigenvalue weighted by Gasteiger charge is 2.34. The zero-order valence-corrected chi connectivity index (χ0v) is 14.5. The van der Waals surface area contributed by atoms with E-state index in [9.17, 15) is 26.3 Å². The molecule has 1 aliphatic rings. The van der Waals surface area contributed by atoms with Gasteiger partial charge in [0.05, 0.1) is 11.1 Å². The van der Waals surface area contributed by atoms with E-state index in [-0.39, 0.29) is 17.5 Å². The average molecular weight is 405 g/mol. The first-order valence-corrected chi connectivity index (χ1v) is 8.45. The standard InChI is InChI=1S/C18H17F6N3O/c19-17(20,21)11-1-4-16(26-10-11)27-7-5-12(6-8-27)28-13-2-3-15(25)14(9-13)18(22,23)24/h1-4,9-10,12H,5-8,25H2. The summed E-state index contributed by atoms with van der Waals surface area (Å²) in [5.41, 5.74) is 3.23. The van der Waals surface area contributed by atoms with Gasteiger partial charge in [0.15, 0.2) is 0 Å². The van der Waals surface area contributed by atoms with Crippen molar-refractivity contribution in [2.45, 2.75) is 31.3 Å². The van der Waals surface area contributed by atoms with Crippen molar-refractivity contribution in [2.75, 3.05) is 23.7 Å². The molecule has 0 spiro atoms. The minimum absolute atomic E-state index is 0.0765. The second-order valence-corrected chi connectivity index (χ2v) is 6.45. The van der Waals surface area contributed by atoms with Crippen LogP contribution in [0.25, 0.3) is 0 Å². The second-order valence-electron chi connectivity index (χ2n) is 6.45. The lowest BCUT2D eigenvalue weighted by atomic mass is 10.1. The highest BCUT2D eigenvalue weighted by atomic mass is 19.4. The number of ether oxygens (including phenoxy) is 1. The Morgan fingerprint density at radius 3 is 2.18 bits per heavy atom. The van der Waals surface area contributed by atoms with Crippen LogP contribution in [0.3, 0.4) is 0 Å². The first kappa shape index (κ1) is 20.1. The number of piperidine rings is 1. The quantitative estimate of drug-likeness (QED) is 0.592. The Hall–Kier alpha value is -2.65. The van der Waals surface area contributed by atoms with E-state index in [1.165, 1.54) is 12.1 Å². The fourth-order valence-corrected chi connectivity index (χ4v) is 2.99. The second kappa shape index (κ2) is 7.40. The predicted molar refractivity (Wildman–Crippen MR) is 91.0 cm³/mol. The number of halogens is 6. The molecule has 28 heavy (non-hydrogen) atoms. The van der Waals surface area contributed by atoms with Crippen molar-refractivity contribution in [1.29, 1.82) is 0 Å². The summed E-state index contributed by atoms with van der Waals surface area (Å²) >= 11 is 0. The molecule has 0 saturated carbocycles. The largest absolute Gasteiger partial charge is 0.490 e. The number of rotatable bonds is 3. The van der Waals surface area contributed by atoms with Crippen LogP contribution in [0, 0.1) is 0 Å². The Kier molecular flexibility index (Phi) is 5.31. The van der Waals surface area contributed by atoms with Crippen LogP contribution in [-0.2, 0) is 12.4 Å². The van der Waals surface area contributed by atoms with E-state index in [1.54, 1.807) is 0 Å². The molecule has 0 aliphatic carbocycles. The highest BCUT2D eigenvalue weighted by molar-refractivity contribution is 5.52. The van der Waals surface area contributed by atoms with Crippen molar-refractivity contribution < 1.29 is 31.1 Å². The van der Waals surface area contributed by atoms with Crippen molar-refractivity contribution in [3.8, 4) is 5.75 Å². The summed E-state index contributed by atoms with van der Waals surface area (Å²) in [7, 11) is 0. The van der Waals surface area contributed by atoms with Gasteiger partial charge >= 0.3 is 12.4 Å². The summed E-state index contributed by atoms with van der Waals surface area (Å²) in [6, 6.07) is 5.68. The molecule has 0 bridgehead atoms. The number of nitrogens with zero attached hydrogens (tertiary/aromatic N) is 2. The molecule has 0 unspecified atom stereocenters. The van der Waals surface area contributed by atoms with Crippen LogP contribution in [0.2, 0.25) is 0 Å². The molecule has 0 atom stereocenters. The van der Waals surface area contributed by atoms with Crippen LogP contribution in [0.15, 0.2) is 36.5 Å². The molecule has 1 aromatic carbocycles. The highest BCUT2D eigenvalue weighted by Crippen LogP contribution is 2.36. The fraction of sp³-hybridized carbons (Fsp3) is 0.389. The van der Waals surface area contributed by atoms with E-state index < -0.39 is 23.5 Å². The van der Waals surface area contributed by atoms with E-state index in [0.29, 0.717) is 31.7 Å². The van der Waals surface area contributed by atoms with E-state index in [1.807, 2.05) is 4.90 Å². The monoisotopic (exact) mass is 405 g/mol. The molecular formula is C18H17F6N3O. The zero-order chi connectivity index (χ0) is 20.5. The van der Waals surface area contributed by atoms with Crippen LogP contribution in [0.5, 0.6) is 5.75 Å². The third-order valence-corrected chi connectivity index (χ3v) is 4.47. The summed E-state index contributed by atoms with van der Waals surface area (Å²) < 4.78 is 82.2. The van der Waals surface area contributed by atoms with Crippen LogP contribution < -0.4 is 15.4 Å². The van der Waals surface area contributed by atoms with E-state index in [0.717, 1.165) is 24.4 Å². The number of hydrogen-bond acceptors (Lipinski definition) is 4. The first-order chi connectivity index (χ1) is 13.0. The Morgan fingerprint density at radius 1 is 0.964 bits per heavy atom. The SMILES string of the molecule is Nc1ccc(OC2CCN(c3ccc(C(F)(F)F)cn3)CC2)cc1C(F)(F)F. The lowest BCUT2D eigenvalue weighted by molar-refractivity contribution is -0.138. The third-order valence-electron chi connectivity index (χ3n) is 4.47. The molecule has 2 N–H and O–H groups in total. The molecule has 1 aromatic heterocycles. The summed E-state index contributed by atoms with van der Waals surface area (Å²) in [5, 5.41) is 0. The molecule has 152 valence electrons. The Morgan fingerprint density at radius 2 is 1.64 bits per heavy atom. The molecule has 3 rings (SSSR count). The first-order valence-electron chi connectivity index (χ1n) is 8.45. The minimum Gasteiger partial charge on any atom is -0.490 e. The fourth-order valence-electron chi connectivity index (χ4n) is 2.99. The molecule has 1 aliphatic heterocycles. The number of benzene rings is 1. The van der Waals surface area contributed by atoms with Gasteiger partial charge in [-0.05, 0) is 30.3 Å². The molecule has 2 heterocycles. The Bertz CT molecular complexity index is 812. The van der Waals surface area contributed by atoms with Crippen LogP contribution in [-0.4, -0.2) is 24.2 Å². The minimum atomic E-state index is -4.57. The van der Waals surface area contributed by atoms with Gasteiger partial charge in [0.1, 0.15) is 17.7 Å². The van der Waals surface area contributed by atoms with Crippen LogP contribution in [0.1, 0.15) is 24.0 Å². The number of aromatic nitrogens is 1. The van der Waals surface area contributed by atoms with E-state index >= 15 is 0 Å². The maximum Gasteiger partial charge on any atom is 0.418 e. The molecule has 0 radical (unpaired) electrons. The van der Waals surface area contributed by atoms with E-state index in [2.05, 4.69) is 4.98 Å². The lowest BCUT2D eigenvalue weighted by Crippen LogP contribution is -2.38. The number of anilines is 2. The zero-order valence-electron chi connectivity index (χ0n) is 14.5. The van der Waals surface area contributed by atoms with E-state index in [4.69, 9.17) is 10.5 Å². The van der Waals surface area contributed by atoms with Gasteiger partial charge in [-0.3, -0.25) is 0 Å². The van der Waals surface area contributed by atoms with Gasteiger partial charge in [-0.2, -0.15) is 26.3 Å². The summed E-state index contributed by atoms with van der Waals surface area (Å²) in [5.74, 6) is 0.492. The molecular weight excluding hydrogens is 388 g/mol. The van der Waals surface area contributed by atoms with Crippen LogP contribution >= 0.6 is 0 Å². The summed E-state index contributed by atoms with van der Waals surface area (Å²) in [4.78, 5) is 5.66. The number of alkyl halides is 6. The van der Waals surface area contributed by atoms with Crippen molar-refractivity contribution in [2.24, 2.45) is 0 Å². The Balaban J connectivity index is 1.60.